The van der Waals surface area contributed by atoms with Crippen LogP contribution in [0.15, 0.2) is 36.4 Å². The zero-order chi connectivity index (χ0) is 17.9. The van der Waals surface area contributed by atoms with Crippen molar-refractivity contribution in [2.24, 2.45) is 0 Å². The van der Waals surface area contributed by atoms with Crippen molar-refractivity contribution in [1.29, 1.82) is 0 Å². The van der Waals surface area contributed by atoms with Gasteiger partial charge in [0.05, 0.1) is 12.7 Å². The van der Waals surface area contributed by atoms with Crippen LogP contribution < -0.4 is 4.74 Å². The summed E-state index contributed by atoms with van der Waals surface area (Å²) in [7, 11) is 1.27. The molecule has 0 aliphatic heterocycles. The number of Topliss-reactive ketones (excluding diaryl/α,β-unsaturated/α-hetero) is 1. The van der Waals surface area contributed by atoms with Gasteiger partial charge in [0, 0.05) is 12.0 Å². The van der Waals surface area contributed by atoms with Gasteiger partial charge in [-0.2, -0.15) is 13.2 Å². The Balaban J connectivity index is 2.14. The first kappa shape index (κ1) is 17.9. The summed E-state index contributed by atoms with van der Waals surface area (Å²) in [5, 5.41) is 0. The Kier molecular flexibility index (Phi) is 5.21. The van der Waals surface area contributed by atoms with Gasteiger partial charge >= 0.3 is 6.18 Å². The van der Waals surface area contributed by atoms with E-state index in [2.05, 4.69) is 0 Å². The van der Waals surface area contributed by atoms with E-state index in [1.807, 2.05) is 0 Å². The molecule has 0 saturated carbocycles. The second-order valence-electron chi connectivity index (χ2n) is 5.05. The maximum absolute atomic E-state index is 13.9. The summed E-state index contributed by atoms with van der Waals surface area (Å²) in [4.78, 5) is 12.0. The van der Waals surface area contributed by atoms with E-state index < -0.39 is 29.2 Å². The largest absolute Gasteiger partial charge is 0.494 e. The van der Waals surface area contributed by atoms with Gasteiger partial charge in [0.25, 0.3) is 0 Å². The molecule has 0 spiro atoms. The van der Waals surface area contributed by atoms with Crippen molar-refractivity contribution in [1.82, 2.24) is 0 Å². The minimum Gasteiger partial charge on any atom is -0.494 e. The lowest BCUT2D eigenvalue weighted by molar-refractivity contribution is -0.140. The highest BCUT2D eigenvalue weighted by molar-refractivity contribution is 5.96. The lowest BCUT2D eigenvalue weighted by atomic mass is 10.0. The minimum atomic E-state index is -4.80. The molecule has 0 amide bonds. The highest BCUT2D eigenvalue weighted by Gasteiger charge is 2.34. The molecule has 2 aromatic rings. The van der Waals surface area contributed by atoms with Crippen molar-refractivity contribution in [2.75, 3.05) is 7.11 Å². The standard InChI is InChI=1S/C17H13F5O2/c1-24-15-8-6-11(9-13(15)18)14(23)7-5-10-3-2-4-12(16(10)19)17(20,21)22/h2-4,6,8-9H,5,7H2,1H3. The fraction of sp³-hybridized carbons (Fsp3) is 0.235. The second-order valence-corrected chi connectivity index (χ2v) is 5.05. The molecule has 0 atom stereocenters. The number of ketones is 1. The summed E-state index contributed by atoms with van der Waals surface area (Å²) in [5.74, 6) is -2.66. The van der Waals surface area contributed by atoms with Gasteiger partial charge in [0.2, 0.25) is 0 Å². The summed E-state index contributed by atoms with van der Waals surface area (Å²) in [6, 6.07) is 6.49. The molecule has 0 saturated heterocycles. The molecule has 7 heteroatoms. The van der Waals surface area contributed by atoms with Gasteiger partial charge in [-0.1, -0.05) is 12.1 Å². The fourth-order valence-electron chi connectivity index (χ4n) is 2.22. The van der Waals surface area contributed by atoms with E-state index in [0.717, 1.165) is 12.1 Å². The molecule has 128 valence electrons. The van der Waals surface area contributed by atoms with Gasteiger partial charge in [-0.05, 0) is 36.2 Å². The molecule has 24 heavy (non-hydrogen) atoms. The van der Waals surface area contributed by atoms with Crippen LogP contribution in [-0.2, 0) is 12.6 Å². The van der Waals surface area contributed by atoms with Crippen molar-refractivity contribution in [3.8, 4) is 5.75 Å². The van der Waals surface area contributed by atoms with Crippen LogP contribution in [-0.4, -0.2) is 12.9 Å². The molecular weight excluding hydrogens is 331 g/mol. The lowest BCUT2D eigenvalue weighted by Gasteiger charge is -2.11. The van der Waals surface area contributed by atoms with Crippen LogP contribution in [0.2, 0.25) is 0 Å². The van der Waals surface area contributed by atoms with Gasteiger partial charge < -0.3 is 4.74 Å². The lowest BCUT2D eigenvalue weighted by Crippen LogP contribution is -2.11. The first-order chi connectivity index (χ1) is 11.2. The van der Waals surface area contributed by atoms with Gasteiger partial charge in [-0.25, -0.2) is 8.78 Å². The Labute approximate surface area is 134 Å². The number of hydrogen-bond acceptors (Lipinski definition) is 2. The molecule has 0 aliphatic carbocycles. The van der Waals surface area contributed by atoms with E-state index in [1.165, 1.54) is 25.3 Å². The van der Waals surface area contributed by atoms with Gasteiger partial charge in [0.15, 0.2) is 17.3 Å². The number of aryl methyl sites for hydroxylation is 1. The number of methoxy groups -OCH3 is 1. The molecule has 0 heterocycles. The number of hydrogen-bond donors (Lipinski definition) is 0. The third kappa shape index (κ3) is 3.90. The maximum Gasteiger partial charge on any atom is 0.419 e. The summed E-state index contributed by atoms with van der Waals surface area (Å²) in [5.41, 5.74) is -1.55. The summed E-state index contributed by atoms with van der Waals surface area (Å²) in [6.45, 7) is 0. The summed E-state index contributed by atoms with van der Waals surface area (Å²) >= 11 is 0. The van der Waals surface area contributed by atoms with E-state index in [4.69, 9.17) is 4.74 Å². The van der Waals surface area contributed by atoms with Crippen molar-refractivity contribution in [3.63, 3.8) is 0 Å². The number of carbonyl (C=O) groups excluding carboxylic acids is 1. The topological polar surface area (TPSA) is 26.3 Å². The van der Waals surface area contributed by atoms with Crippen LogP contribution in [0.5, 0.6) is 5.75 Å². The third-order valence-electron chi connectivity index (χ3n) is 3.48. The monoisotopic (exact) mass is 344 g/mol. The van der Waals surface area contributed by atoms with Crippen molar-refractivity contribution < 1.29 is 31.5 Å². The number of benzene rings is 2. The van der Waals surface area contributed by atoms with Crippen LogP contribution in [0, 0.1) is 11.6 Å². The van der Waals surface area contributed by atoms with Crippen molar-refractivity contribution in [2.45, 2.75) is 19.0 Å². The SMILES string of the molecule is COc1ccc(C(=O)CCc2cccc(C(F)(F)F)c2F)cc1F. The first-order valence-electron chi connectivity index (χ1n) is 6.95. The Morgan fingerprint density at radius 2 is 1.83 bits per heavy atom. The smallest absolute Gasteiger partial charge is 0.419 e. The Morgan fingerprint density at radius 1 is 1.12 bits per heavy atom. The predicted octanol–water partition coefficient (Wildman–Crippen LogP) is 4.81. The average Bonchev–Trinajstić information content (AvgIpc) is 2.52. The molecule has 0 aliphatic rings. The van der Waals surface area contributed by atoms with Gasteiger partial charge in [-0.3, -0.25) is 4.79 Å². The Hall–Kier alpha value is -2.44. The van der Waals surface area contributed by atoms with Crippen LogP contribution >= 0.6 is 0 Å². The molecule has 0 fully saturated rings. The van der Waals surface area contributed by atoms with E-state index in [1.54, 1.807) is 0 Å². The van der Waals surface area contributed by atoms with E-state index in [0.29, 0.717) is 6.07 Å². The van der Waals surface area contributed by atoms with Crippen LogP contribution in [0.1, 0.15) is 27.9 Å². The molecule has 2 rings (SSSR count). The molecule has 0 N–H and O–H groups in total. The molecule has 0 radical (unpaired) electrons. The summed E-state index contributed by atoms with van der Waals surface area (Å²) < 4.78 is 70.1. The molecule has 0 unspecified atom stereocenters. The van der Waals surface area contributed by atoms with E-state index in [-0.39, 0.29) is 29.7 Å². The fourth-order valence-corrected chi connectivity index (χ4v) is 2.22. The number of alkyl halides is 3. The van der Waals surface area contributed by atoms with E-state index >= 15 is 0 Å². The zero-order valence-electron chi connectivity index (χ0n) is 12.6. The van der Waals surface area contributed by atoms with Crippen molar-refractivity contribution in [3.05, 3.63) is 64.7 Å². The van der Waals surface area contributed by atoms with Gasteiger partial charge in [-0.15, -0.1) is 0 Å². The van der Waals surface area contributed by atoms with Crippen molar-refractivity contribution >= 4 is 5.78 Å². The summed E-state index contributed by atoms with van der Waals surface area (Å²) in [6.07, 6.45) is -5.27. The average molecular weight is 344 g/mol. The highest BCUT2D eigenvalue weighted by Crippen LogP contribution is 2.32. The number of halogens is 5. The van der Waals surface area contributed by atoms with Crippen LogP contribution in [0.4, 0.5) is 22.0 Å². The minimum absolute atomic E-state index is 0.0320. The first-order valence-corrected chi connectivity index (χ1v) is 6.95. The molecule has 0 aromatic heterocycles. The number of carbonyl (C=O) groups is 1. The predicted molar refractivity (Wildman–Crippen MR) is 77.0 cm³/mol. The maximum atomic E-state index is 13.9. The quantitative estimate of drug-likeness (QED) is 0.575. The van der Waals surface area contributed by atoms with Gasteiger partial charge in [0.1, 0.15) is 5.82 Å². The number of rotatable bonds is 5. The Morgan fingerprint density at radius 3 is 2.42 bits per heavy atom. The highest BCUT2D eigenvalue weighted by atomic mass is 19.4. The second kappa shape index (κ2) is 6.98. The molecular formula is C17H13F5O2. The molecule has 2 nitrogen and oxygen atoms in total. The molecule has 0 bridgehead atoms. The van der Waals surface area contributed by atoms with Crippen LogP contribution in [0.3, 0.4) is 0 Å². The normalized spacial score (nSPS) is 11.4. The van der Waals surface area contributed by atoms with E-state index in [9.17, 15) is 26.7 Å². The third-order valence-corrected chi connectivity index (χ3v) is 3.48. The molecule has 2 aromatic carbocycles. The Bertz CT molecular complexity index is 753. The van der Waals surface area contributed by atoms with Crippen LogP contribution in [0.25, 0.3) is 0 Å². The zero-order valence-corrected chi connectivity index (χ0v) is 12.6. The number of ether oxygens (including phenoxy) is 1.